The van der Waals surface area contributed by atoms with Gasteiger partial charge in [-0.3, -0.25) is 0 Å². The summed E-state index contributed by atoms with van der Waals surface area (Å²) in [4.78, 5) is 0. The lowest BCUT2D eigenvalue weighted by atomic mass is 9.83. The summed E-state index contributed by atoms with van der Waals surface area (Å²) in [6.45, 7) is 5.38. The average molecular weight is 264 g/mol. The van der Waals surface area contributed by atoms with Crippen LogP contribution in [0.1, 0.15) is 45.1 Å². The van der Waals surface area contributed by atoms with Gasteiger partial charge in [0.25, 0.3) is 0 Å². The molecule has 19 heavy (non-hydrogen) atoms. The van der Waals surface area contributed by atoms with E-state index in [1.54, 1.807) is 0 Å². The SMILES string of the molecule is CCCC1CC(O)(c2cccc(OCC)c2)CCO1. The summed E-state index contributed by atoms with van der Waals surface area (Å²) in [7, 11) is 0. The minimum absolute atomic E-state index is 0.166. The third kappa shape index (κ3) is 3.48. The fourth-order valence-corrected chi connectivity index (χ4v) is 2.74. The fourth-order valence-electron chi connectivity index (χ4n) is 2.74. The molecule has 1 saturated heterocycles. The third-order valence-electron chi connectivity index (χ3n) is 3.73. The van der Waals surface area contributed by atoms with Crippen LogP contribution in [0.25, 0.3) is 0 Å². The van der Waals surface area contributed by atoms with Gasteiger partial charge in [0.15, 0.2) is 0 Å². The van der Waals surface area contributed by atoms with Crippen LogP contribution in [0, 0.1) is 0 Å². The third-order valence-corrected chi connectivity index (χ3v) is 3.73. The quantitative estimate of drug-likeness (QED) is 0.887. The maximum atomic E-state index is 10.9. The molecule has 1 aromatic rings. The van der Waals surface area contributed by atoms with E-state index in [1.165, 1.54) is 0 Å². The lowest BCUT2D eigenvalue weighted by Crippen LogP contribution is -2.38. The van der Waals surface area contributed by atoms with Crippen molar-refractivity contribution in [3.05, 3.63) is 29.8 Å². The van der Waals surface area contributed by atoms with E-state index in [0.717, 1.165) is 24.2 Å². The van der Waals surface area contributed by atoms with Crippen molar-refractivity contribution in [1.82, 2.24) is 0 Å². The first kappa shape index (κ1) is 14.4. The standard InChI is InChI=1S/C16H24O3/c1-3-6-15-12-16(17,9-10-19-15)13-7-5-8-14(11-13)18-4-2/h5,7-8,11,15,17H,3-4,6,9-10,12H2,1-2H3. The molecule has 0 aliphatic carbocycles. The van der Waals surface area contributed by atoms with Gasteiger partial charge in [-0.15, -0.1) is 0 Å². The minimum Gasteiger partial charge on any atom is -0.494 e. The summed E-state index contributed by atoms with van der Waals surface area (Å²) in [6.07, 6.45) is 3.59. The van der Waals surface area contributed by atoms with E-state index in [2.05, 4.69) is 6.92 Å². The van der Waals surface area contributed by atoms with Gasteiger partial charge in [0, 0.05) is 12.8 Å². The summed E-state index contributed by atoms with van der Waals surface area (Å²) in [5, 5.41) is 10.9. The zero-order valence-electron chi connectivity index (χ0n) is 11.9. The van der Waals surface area contributed by atoms with E-state index >= 15 is 0 Å². The molecule has 1 N–H and O–H groups in total. The van der Waals surface area contributed by atoms with Gasteiger partial charge in [-0.1, -0.05) is 25.5 Å². The molecule has 1 aliphatic heterocycles. The molecule has 3 nitrogen and oxygen atoms in total. The van der Waals surface area contributed by atoms with E-state index in [9.17, 15) is 5.11 Å². The predicted octanol–water partition coefficient (Wildman–Crippen LogP) is 3.25. The molecule has 1 fully saturated rings. The molecule has 1 aromatic carbocycles. The topological polar surface area (TPSA) is 38.7 Å². The summed E-state index contributed by atoms with van der Waals surface area (Å²) < 4.78 is 11.2. The predicted molar refractivity (Wildman–Crippen MR) is 75.4 cm³/mol. The van der Waals surface area contributed by atoms with Gasteiger partial charge < -0.3 is 14.6 Å². The second-order valence-electron chi connectivity index (χ2n) is 5.23. The van der Waals surface area contributed by atoms with Crippen molar-refractivity contribution >= 4 is 0 Å². The average Bonchev–Trinajstić information content (AvgIpc) is 2.40. The summed E-state index contributed by atoms with van der Waals surface area (Å²) in [5.74, 6) is 0.826. The lowest BCUT2D eigenvalue weighted by molar-refractivity contribution is -0.110. The zero-order chi connectivity index (χ0) is 13.7. The minimum atomic E-state index is -0.773. The molecule has 0 saturated carbocycles. The number of hydrogen-bond donors (Lipinski definition) is 1. The molecule has 0 radical (unpaired) electrons. The number of rotatable bonds is 5. The molecular formula is C16H24O3. The zero-order valence-corrected chi connectivity index (χ0v) is 11.9. The van der Waals surface area contributed by atoms with E-state index in [1.807, 2.05) is 31.2 Å². The Kier molecular flexibility index (Phi) is 4.83. The molecule has 0 aromatic heterocycles. The van der Waals surface area contributed by atoms with Crippen LogP contribution < -0.4 is 4.74 Å². The van der Waals surface area contributed by atoms with Crippen LogP contribution >= 0.6 is 0 Å². The smallest absolute Gasteiger partial charge is 0.119 e. The Morgan fingerprint density at radius 1 is 1.42 bits per heavy atom. The van der Waals surface area contributed by atoms with Crippen LogP contribution in [0.3, 0.4) is 0 Å². The Morgan fingerprint density at radius 2 is 2.26 bits per heavy atom. The Labute approximate surface area is 115 Å². The molecule has 1 aliphatic rings. The van der Waals surface area contributed by atoms with Crippen LogP contribution in [0.5, 0.6) is 5.75 Å². The highest BCUT2D eigenvalue weighted by Gasteiger charge is 2.36. The van der Waals surface area contributed by atoms with Crippen molar-refractivity contribution in [2.75, 3.05) is 13.2 Å². The van der Waals surface area contributed by atoms with E-state index in [-0.39, 0.29) is 6.10 Å². The molecule has 2 rings (SSSR count). The molecule has 106 valence electrons. The Balaban J connectivity index is 2.16. The van der Waals surface area contributed by atoms with E-state index in [4.69, 9.17) is 9.47 Å². The monoisotopic (exact) mass is 264 g/mol. The van der Waals surface area contributed by atoms with Crippen LogP contribution in [0.4, 0.5) is 0 Å². The molecule has 0 bridgehead atoms. The lowest BCUT2D eigenvalue weighted by Gasteiger charge is -2.37. The summed E-state index contributed by atoms with van der Waals surface area (Å²) in [5.41, 5.74) is 0.174. The van der Waals surface area contributed by atoms with Crippen LogP contribution in [0.15, 0.2) is 24.3 Å². The molecule has 2 atom stereocenters. The molecule has 0 spiro atoms. The van der Waals surface area contributed by atoms with Gasteiger partial charge in [0.05, 0.1) is 24.9 Å². The van der Waals surface area contributed by atoms with Crippen molar-refractivity contribution in [1.29, 1.82) is 0 Å². The Bertz CT molecular complexity index is 403. The van der Waals surface area contributed by atoms with Crippen molar-refractivity contribution in [3.8, 4) is 5.75 Å². The second-order valence-corrected chi connectivity index (χ2v) is 5.23. The largest absolute Gasteiger partial charge is 0.494 e. The van der Waals surface area contributed by atoms with Crippen molar-refractivity contribution in [3.63, 3.8) is 0 Å². The van der Waals surface area contributed by atoms with E-state index < -0.39 is 5.60 Å². The molecule has 1 heterocycles. The van der Waals surface area contributed by atoms with Crippen LogP contribution in [-0.2, 0) is 10.3 Å². The maximum Gasteiger partial charge on any atom is 0.119 e. The molecular weight excluding hydrogens is 240 g/mol. The molecule has 2 unspecified atom stereocenters. The maximum absolute atomic E-state index is 10.9. The van der Waals surface area contributed by atoms with Gasteiger partial charge in [-0.05, 0) is 31.0 Å². The summed E-state index contributed by atoms with van der Waals surface area (Å²) in [6, 6.07) is 7.82. The van der Waals surface area contributed by atoms with Gasteiger partial charge in [0.2, 0.25) is 0 Å². The summed E-state index contributed by atoms with van der Waals surface area (Å²) >= 11 is 0. The van der Waals surface area contributed by atoms with Crippen LogP contribution in [-0.4, -0.2) is 24.4 Å². The van der Waals surface area contributed by atoms with Gasteiger partial charge in [-0.25, -0.2) is 0 Å². The molecule has 3 heteroatoms. The Hall–Kier alpha value is -1.06. The van der Waals surface area contributed by atoms with Gasteiger partial charge >= 0.3 is 0 Å². The van der Waals surface area contributed by atoms with Crippen molar-refractivity contribution in [2.24, 2.45) is 0 Å². The van der Waals surface area contributed by atoms with Gasteiger partial charge in [-0.2, -0.15) is 0 Å². The number of benzene rings is 1. The number of ether oxygens (including phenoxy) is 2. The first-order chi connectivity index (χ1) is 9.18. The molecule has 0 amide bonds. The number of aliphatic hydroxyl groups is 1. The van der Waals surface area contributed by atoms with Crippen LogP contribution in [0.2, 0.25) is 0 Å². The highest BCUT2D eigenvalue weighted by molar-refractivity contribution is 5.32. The number of hydrogen-bond acceptors (Lipinski definition) is 3. The first-order valence-corrected chi connectivity index (χ1v) is 7.25. The highest BCUT2D eigenvalue weighted by Crippen LogP contribution is 2.37. The first-order valence-electron chi connectivity index (χ1n) is 7.25. The van der Waals surface area contributed by atoms with Crippen molar-refractivity contribution in [2.45, 2.75) is 51.2 Å². The van der Waals surface area contributed by atoms with E-state index in [0.29, 0.717) is 26.1 Å². The van der Waals surface area contributed by atoms with Gasteiger partial charge in [0.1, 0.15) is 5.75 Å². The Morgan fingerprint density at radius 3 is 3.00 bits per heavy atom. The highest BCUT2D eigenvalue weighted by atomic mass is 16.5. The fraction of sp³-hybridized carbons (Fsp3) is 0.625. The second kappa shape index (κ2) is 6.40. The normalized spacial score (nSPS) is 27.2. The van der Waals surface area contributed by atoms with Crippen molar-refractivity contribution < 1.29 is 14.6 Å².